The van der Waals surface area contributed by atoms with Crippen molar-refractivity contribution in [1.29, 1.82) is 0 Å². The Morgan fingerprint density at radius 3 is 2.63 bits per heavy atom. The predicted molar refractivity (Wildman–Crippen MR) is 101 cm³/mol. The zero-order valence-corrected chi connectivity index (χ0v) is 15.0. The van der Waals surface area contributed by atoms with E-state index in [0.29, 0.717) is 36.0 Å². The van der Waals surface area contributed by atoms with Crippen LogP contribution in [0.1, 0.15) is 10.4 Å². The first-order valence-corrected chi connectivity index (χ1v) is 8.23. The number of carbonyl (C=O) groups excluding carboxylic acids is 1. The van der Waals surface area contributed by atoms with Crippen LogP contribution in [0.2, 0.25) is 0 Å². The van der Waals surface area contributed by atoms with Crippen molar-refractivity contribution in [3.05, 3.63) is 52.1 Å². The summed E-state index contributed by atoms with van der Waals surface area (Å²) in [7, 11) is 1.42. The number of ether oxygens (including phenoxy) is 3. The van der Waals surface area contributed by atoms with Crippen LogP contribution in [0, 0.1) is 10.1 Å². The van der Waals surface area contributed by atoms with Crippen molar-refractivity contribution in [3.8, 4) is 17.2 Å². The van der Waals surface area contributed by atoms with E-state index in [-0.39, 0.29) is 16.5 Å². The number of amides is 1. The summed E-state index contributed by atoms with van der Waals surface area (Å²) in [6, 6.07) is 8.79. The predicted octanol–water partition coefficient (Wildman–Crippen LogP) is 2.50. The van der Waals surface area contributed by atoms with Gasteiger partial charge in [-0.2, -0.15) is 0 Å². The molecular weight excluding hydrogens is 374 g/mol. The molecule has 0 saturated heterocycles. The molecule has 0 bridgehead atoms. The van der Waals surface area contributed by atoms with Crippen molar-refractivity contribution in [1.82, 2.24) is 5.32 Å². The summed E-state index contributed by atoms with van der Waals surface area (Å²) in [5.74, 6) is 0.929. The first-order valence-electron chi connectivity index (χ1n) is 7.82. The third kappa shape index (κ3) is 4.23. The number of carbonyl (C=O) groups is 1. The number of anilines is 1. The Morgan fingerprint density at radius 2 is 1.93 bits per heavy atom. The summed E-state index contributed by atoms with van der Waals surface area (Å²) >= 11 is 5.13. The van der Waals surface area contributed by atoms with E-state index >= 15 is 0 Å². The van der Waals surface area contributed by atoms with Crippen LogP contribution in [0.4, 0.5) is 11.4 Å². The van der Waals surface area contributed by atoms with Crippen molar-refractivity contribution in [3.63, 3.8) is 0 Å². The fourth-order valence-electron chi connectivity index (χ4n) is 2.42. The van der Waals surface area contributed by atoms with E-state index < -0.39 is 10.8 Å². The fourth-order valence-corrected chi connectivity index (χ4v) is 2.62. The minimum Gasteiger partial charge on any atom is -0.495 e. The normalized spacial score (nSPS) is 12.0. The quantitative estimate of drug-likeness (QED) is 0.466. The van der Waals surface area contributed by atoms with Crippen LogP contribution in [0.3, 0.4) is 0 Å². The molecule has 2 N–H and O–H groups in total. The fraction of sp³-hybridized carbons (Fsp3) is 0.176. The third-order valence-electron chi connectivity index (χ3n) is 3.67. The van der Waals surface area contributed by atoms with E-state index in [9.17, 15) is 14.9 Å². The average molecular weight is 389 g/mol. The number of rotatable bonds is 4. The van der Waals surface area contributed by atoms with Crippen molar-refractivity contribution < 1.29 is 23.9 Å². The summed E-state index contributed by atoms with van der Waals surface area (Å²) < 4.78 is 16.0. The minimum absolute atomic E-state index is 0.0336. The lowest BCUT2D eigenvalue weighted by atomic mass is 10.2. The van der Waals surface area contributed by atoms with Gasteiger partial charge in [-0.05, 0) is 36.5 Å². The largest absolute Gasteiger partial charge is 0.495 e. The molecule has 0 aliphatic carbocycles. The molecular formula is C17H15N3O6S. The van der Waals surface area contributed by atoms with E-state index in [4.69, 9.17) is 26.4 Å². The maximum atomic E-state index is 12.4. The Bertz CT molecular complexity index is 918. The summed E-state index contributed by atoms with van der Waals surface area (Å²) in [6.45, 7) is 0.863. The Morgan fingerprint density at radius 1 is 1.19 bits per heavy atom. The number of hydrogen-bond donors (Lipinski definition) is 2. The number of fused-ring (bicyclic) bond motifs is 1. The average Bonchev–Trinajstić information content (AvgIpc) is 2.67. The van der Waals surface area contributed by atoms with Gasteiger partial charge >= 0.3 is 0 Å². The standard InChI is InChI=1S/C17H15N3O6S/c1-24-13-5-3-11(20(22)23)9-12(13)18-17(27)19-16(21)10-2-4-14-15(8-10)26-7-6-25-14/h2-5,8-9H,6-7H2,1H3,(H2,18,19,21,27). The maximum Gasteiger partial charge on any atom is 0.271 e. The number of nitrogens with one attached hydrogen (secondary N) is 2. The van der Waals surface area contributed by atoms with Crippen molar-refractivity contribution >= 4 is 34.6 Å². The number of non-ortho nitro benzene ring substituents is 1. The van der Waals surface area contributed by atoms with Crippen LogP contribution in [-0.4, -0.2) is 36.3 Å². The lowest BCUT2D eigenvalue weighted by Gasteiger charge is -2.18. The van der Waals surface area contributed by atoms with Crippen LogP contribution >= 0.6 is 12.2 Å². The molecule has 1 aliphatic heterocycles. The van der Waals surface area contributed by atoms with Crippen molar-refractivity contribution in [2.24, 2.45) is 0 Å². The molecule has 0 aromatic heterocycles. The second-order valence-electron chi connectivity index (χ2n) is 5.41. The summed E-state index contributed by atoms with van der Waals surface area (Å²) in [4.78, 5) is 22.8. The van der Waals surface area contributed by atoms with Crippen LogP contribution in [0.15, 0.2) is 36.4 Å². The smallest absolute Gasteiger partial charge is 0.271 e. The highest BCUT2D eigenvalue weighted by molar-refractivity contribution is 7.80. The van der Waals surface area contributed by atoms with E-state index in [0.717, 1.165) is 0 Å². The summed E-state index contributed by atoms with van der Waals surface area (Å²) in [5.41, 5.74) is 0.452. The Kier molecular flexibility index (Phi) is 5.36. The molecule has 140 valence electrons. The SMILES string of the molecule is COc1ccc([N+](=O)[O-])cc1NC(=S)NC(=O)c1ccc2c(c1)OCCO2. The van der Waals surface area contributed by atoms with Gasteiger partial charge in [-0.25, -0.2) is 0 Å². The molecule has 0 fully saturated rings. The van der Waals surface area contributed by atoms with Gasteiger partial charge in [0, 0.05) is 17.7 Å². The zero-order chi connectivity index (χ0) is 19.4. The first kappa shape index (κ1) is 18.4. The van der Waals surface area contributed by atoms with Crippen LogP contribution < -0.4 is 24.8 Å². The second kappa shape index (κ2) is 7.87. The molecule has 0 atom stereocenters. The molecule has 9 nitrogen and oxygen atoms in total. The highest BCUT2D eigenvalue weighted by atomic mass is 32.1. The van der Waals surface area contributed by atoms with Gasteiger partial charge in [-0.1, -0.05) is 0 Å². The molecule has 3 rings (SSSR count). The van der Waals surface area contributed by atoms with Crippen molar-refractivity contribution in [2.75, 3.05) is 25.6 Å². The van der Waals surface area contributed by atoms with Crippen LogP contribution in [-0.2, 0) is 0 Å². The van der Waals surface area contributed by atoms with Crippen LogP contribution in [0.5, 0.6) is 17.2 Å². The van der Waals surface area contributed by atoms with Gasteiger partial charge in [0.1, 0.15) is 19.0 Å². The molecule has 10 heteroatoms. The zero-order valence-electron chi connectivity index (χ0n) is 14.2. The highest BCUT2D eigenvalue weighted by Gasteiger charge is 2.17. The summed E-state index contributed by atoms with van der Waals surface area (Å²) in [6.07, 6.45) is 0. The molecule has 27 heavy (non-hydrogen) atoms. The topological polar surface area (TPSA) is 112 Å². The Balaban J connectivity index is 1.71. The first-order chi connectivity index (χ1) is 13.0. The van der Waals surface area contributed by atoms with Gasteiger partial charge in [-0.15, -0.1) is 0 Å². The molecule has 1 amide bonds. The molecule has 0 spiro atoms. The minimum atomic E-state index is -0.540. The monoisotopic (exact) mass is 389 g/mol. The van der Waals surface area contributed by atoms with Crippen LogP contribution in [0.25, 0.3) is 0 Å². The van der Waals surface area contributed by atoms with Gasteiger partial charge in [0.25, 0.3) is 11.6 Å². The molecule has 1 aliphatic rings. The number of thiocarbonyl (C=S) groups is 1. The molecule has 0 unspecified atom stereocenters. The molecule has 0 radical (unpaired) electrons. The number of hydrogen-bond acceptors (Lipinski definition) is 7. The third-order valence-corrected chi connectivity index (χ3v) is 3.88. The van der Waals surface area contributed by atoms with Crippen molar-refractivity contribution in [2.45, 2.75) is 0 Å². The maximum absolute atomic E-state index is 12.4. The van der Waals surface area contributed by atoms with Gasteiger partial charge in [0.05, 0.1) is 17.7 Å². The van der Waals surface area contributed by atoms with Gasteiger partial charge in [0.2, 0.25) is 0 Å². The number of methoxy groups -OCH3 is 1. The van der Waals surface area contributed by atoms with E-state index in [1.165, 1.54) is 25.3 Å². The van der Waals surface area contributed by atoms with E-state index in [1.54, 1.807) is 18.2 Å². The molecule has 2 aromatic rings. The lowest BCUT2D eigenvalue weighted by molar-refractivity contribution is -0.384. The van der Waals surface area contributed by atoms with E-state index in [2.05, 4.69) is 10.6 Å². The Labute approximate surface area is 159 Å². The lowest BCUT2D eigenvalue weighted by Crippen LogP contribution is -2.34. The number of nitrogens with zero attached hydrogens (tertiary/aromatic N) is 1. The van der Waals surface area contributed by atoms with Gasteiger partial charge < -0.3 is 19.5 Å². The molecule has 0 saturated carbocycles. The number of benzene rings is 2. The van der Waals surface area contributed by atoms with E-state index in [1.807, 2.05) is 0 Å². The Hall–Kier alpha value is -3.40. The summed E-state index contributed by atoms with van der Waals surface area (Å²) in [5, 5.41) is 16.1. The molecule has 1 heterocycles. The van der Waals surface area contributed by atoms with Gasteiger partial charge in [-0.3, -0.25) is 20.2 Å². The number of nitro benzene ring substituents is 1. The second-order valence-corrected chi connectivity index (χ2v) is 5.82. The number of nitro groups is 1. The highest BCUT2D eigenvalue weighted by Crippen LogP contribution is 2.31. The van der Waals surface area contributed by atoms with Gasteiger partial charge in [0.15, 0.2) is 16.6 Å². The molecule has 2 aromatic carbocycles.